The molecule has 0 spiro atoms. The maximum absolute atomic E-state index is 11.9. The molecule has 1 aromatic carbocycles. The molecular formula is C15H20N4O2. The average Bonchev–Trinajstić information content (AvgIpc) is 2.87. The third-order valence-electron chi connectivity index (χ3n) is 3.26. The molecule has 0 unspecified atom stereocenters. The molecule has 0 saturated carbocycles. The molecule has 2 rings (SSSR count). The first-order valence-corrected chi connectivity index (χ1v) is 6.81. The second-order valence-corrected chi connectivity index (χ2v) is 4.77. The fourth-order valence-electron chi connectivity index (χ4n) is 2.04. The van der Waals surface area contributed by atoms with Gasteiger partial charge < -0.3 is 20.4 Å². The van der Waals surface area contributed by atoms with Crippen LogP contribution in [-0.2, 0) is 11.3 Å². The third kappa shape index (κ3) is 3.98. The van der Waals surface area contributed by atoms with E-state index in [1.165, 1.54) is 0 Å². The van der Waals surface area contributed by atoms with Crippen LogP contribution in [0.15, 0.2) is 30.6 Å². The number of rotatable bonds is 6. The molecule has 112 valence electrons. The highest BCUT2D eigenvalue weighted by molar-refractivity contribution is 5.93. The van der Waals surface area contributed by atoms with Crippen LogP contribution in [0.5, 0.6) is 5.75 Å². The Bertz CT molecular complexity index is 622. The van der Waals surface area contributed by atoms with Gasteiger partial charge in [-0.1, -0.05) is 0 Å². The number of amides is 1. The molecule has 0 atom stereocenters. The molecule has 2 aromatic rings. The van der Waals surface area contributed by atoms with E-state index in [0.29, 0.717) is 23.5 Å². The molecule has 3 N–H and O–H groups in total. The Hall–Kier alpha value is -2.50. The Labute approximate surface area is 123 Å². The zero-order valence-corrected chi connectivity index (χ0v) is 12.3. The molecule has 1 heterocycles. The Kier molecular flexibility index (Phi) is 4.81. The van der Waals surface area contributed by atoms with E-state index >= 15 is 0 Å². The second-order valence-electron chi connectivity index (χ2n) is 4.77. The number of hydrogen-bond acceptors (Lipinski definition) is 4. The number of methoxy groups -OCH3 is 1. The largest absolute Gasteiger partial charge is 0.497 e. The summed E-state index contributed by atoms with van der Waals surface area (Å²) in [5.41, 5.74) is 6.97. The maximum Gasteiger partial charge on any atom is 0.224 e. The predicted molar refractivity (Wildman–Crippen MR) is 82.2 cm³/mol. The number of ether oxygens (including phenoxy) is 1. The Morgan fingerprint density at radius 1 is 1.48 bits per heavy atom. The summed E-state index contributed by atoms with van der Waals surface area (Å²) in [7, 11) is 1.57. The van der Waals surface area contributed by atoms with Gasteiger partial charge in [0.25, 0.3) is 0 Å². The fourth-order valence-corrected chi connectivity index (χ4v) is 2.04. The lowest BCUT2D eigenvalue weighted by molar-refractivity contribution is -0.116. The number of benzene rings is 1. The monoisotopic (exact) mass is 288 g/mol. The van der Waals surface area contributed by atoms with Crippen LogP contribution in [0.1, 0.15) is 18.7 Å². The number of aryl methyl sites for hydroxylation is 2. The number of nitrogens with two attached hydrogens (primary N) is 1. The van der Waals surface area contributed by atoms with Crippen LogP contribution in [0.2, 0.25) is 0 Å². The molecule has 6 heteroatoms. The van der Waals surface area contributed by atoms with Gasteiger partial charge in [-0.3, -0.25) is 4.79 Å². The first kappa shape index (κ1) is 14.9. The molecule has 1 aromatic heterocycles. The van der Waals surface area contributed by atoms with Crippen LogP contribution in [0, 0.1) is 6.92 Å². The summed E-state index contributed by atoms with van der Waals surface area (Å²) in [4.78, 5) is 16.1. The molecule has 0 aliphatic rings. The Balaban J connectivity index is 1.83. The molecule has 0 radical (unpaired) electrons. The summed E-state index contributed by atoms with van der Waals surface area (Å²) in [6.45, 7) is 2.72. The summed E-state index contributed by atoms with van der Waals surface area (Å²) in [6.07, 6.45) is 4.85. The number of hydrogen-bond donors (Lipinski definition) is 2. The van der Waals surface area contributed by atoms with Crippen LogP contribution in [0.4, 0.5) is 11.4 Å². The highest BCUT2D eigenvalue weighted by Gasteiger charge is 2.07. The Morgan fingerprint density at radius 3 is 2.90 bits per heavy atom. The number of imidazole rings is 1. The second kappa shape index (κ2) is 6.78. The number of carbonyl (C=O) groups is 1. The topological polar surface area (TPSA) is 82.2 Å². The third-order valence-corrected chi connectivity index (χ3v) is 3.26. The number of aromatic nitrogens is 2. The Morgan fingerprint density at radius 2 is 2.29 bits per heavy atom. The molecule has 1 amide bonds. The van der Waals surface area contributed by atoms with E-state index < -0.39 is 0 Å². The summed E-state index contributed by atoms with van der Waals surface area (Å²) in [5, 5.41) is 2.81. The first-order valence-electron chi connectivity index (χ1n) is 6.81. The van der Waals surface area contributed by atoms with E-state index in [0.717, 1.165) is 18.8 Å². The summed E-state index contributed by atoms with van der Waals surface area (Å²) >= 11 is 0. The molecule has 0 saturated heterocycles. The van der Waals surface area contributed by atoms with Crippen LogP contribution in [-0.4, -0.2) is 22.6 Å². The van der Waals surface area contributed by atoms with Crippen molar-refractivity contribution in [1.82, 2.24) is 9.55 Å². The molecular weight excluding hydrogens is 268 g/mol. The standard InChI is InChI=1S/C15H20N4O2/c1-11-17-7-9-19(11)8-3-4-15(20)18-14-6-5-12(21-2)10-13(14)16/h5-7,9-10H,3-4,8,16H2,1-2H3,(H,18,20). The minimum absolute atomic E-state index is 0.0513. The number of nitrogens with zero attached hydrogens (tertiary/aromatic N) is 2. The zero-order chi connectivity index (χ0) is 15.2. The van der Waals surface area contributed by atoms with Crippen molar-refractivity contribution in [3.8, 4) is 5.75 Å². The minimum atomic E-state index is -0.0513. The highest BCUT2D eigenvalue weighted by Crippen LogP contribution is 2.24. The van der Waals surface area contributed by atoms with E-state index in [4.69, 9.17) is 10.5 Å². The van der Waals surface area contributed by atoms with Crippen molar-refractivity contribution in [2.45, 2.75) is 26.3 Å². The van der Waals surface area contributed by atoms with Gasteiger partial charge >= 0.3 is 0 Å². The van der Waals surface area contributed by atoms with Crippen molar-refractivity contribution in [2.75, 3.05) is 18.2 Å². The van der Waals surface area contributed by atoms with Crippen molar-refractivity contribution in [3.63, 3.8) is 0 Å². The highest BCUT2D eigenvalue weighted by atomic mass is 16.5. The number of carbonyl (C=O) groups excluding carboxylic acids is 1. The summed E-state index contributed by atoms with van der Waals surface area (Å²) in [6, 6.07) is 5.19. The van der Waals surface area contributed by atoms with E-state index in [9.17, 15) is 4.79 Å². The van der Waals surface area contributed by atoms with Gasteiger partial charge in [-0.2, -0.15) is 0 Å². The van der Waals surface area contributed by atoms with Crippen molar-refractivity contribution in [1.29, 1.82) is 0 Å². The van der Waals surface area contributed by atoms with Crippen LogP contribution in [0.25, 0.3) is 0 Å². The summed E-state index contributed by atoms with van der Waals surface area (Å²) < 4.78 is 7.09. The molecule has 21 heavy (non-hydrogen) atoms. The molecule has 0 aliphatic heterocycles. The predicted octanol–water partition coefficient (Wildman–Crippen LogP) is 2.20. The van der Waals surface area contributed by atoms with Gasteiger partial charge in [0, 0.05) is 31.4 Å². The van der Waals surface area contributed by atoms with Gasteiger partial charge in [0.05, 0.1) is 18.5 Å². The van der Waals surface area contributed by atoms with Crippen LogP contribution >= 0.6 is 0 Å². The molecule has 0 fully saturated rings. The SMILES string of the molecule is COc1ccc(NC(=O)CCCn2ccnc2C)c(N)c1. The fraction of sp³-hybridized carbons (Fsp3) is 0.333. The maximum atomic E-state index is 11.9. The van der Waals surface area contributed by atoms with Gasteiger partial charge in [0.2, 0.25) is 5.91 Å². The average molecular weight is 288 g/mol. The lowest BCUT2D eigenvalue weighted by Crippen LogP contribution is -2.13. The quantitative estimate of drug-likeness (QED) is 0.798. The lowest BCUT2D eigenvalue weighted by atomic mass is 10.2. The van der Waals surface area contributed by atoms with Gasteiger partial charge in [0.15, 0.2) is 0 Å². The lowest BCUT2D eigenvalue weighted by Gasteiger charge is -2.10. The van der Waals surface area contributed by atoms with Gasteiger partial charge in [-0.25, -0.2) is 4.98 Å². The van der Waals surface area contributed by atoms with Gasteiger partial charge in [0.1, 0.15) is 11.6 Å². The molecule has 6 nitrogen and oxygen atoms in total. The minimum Gasteiger partial charge on any atom is -0.497 e. The first-order chi connectivity index (χ1) is 10.1. The zero-order valence-electron chi connectivity index (χ0n) is 12.3. The smallest absolute Gasteiger partial charge is 0.224 e. The van der Waals surface area contributed by atoms with Crippen molar-refractivity contribution in [2.24, 2.45) is 0 Å². The van der Waals surface area contributed by atoms with E-state index in [1.807, 2.05) is 17.7 Å². The van der Waals surface area contributed by atoms with Crippen LogP contribution < -0.4 is 15.8 Å². The van der Waals surface area contributed by atoms with E-state index in [1.54, 1.807) is 31.5 Å². The molecule has 0 bridgehead atoms. The van der Waals surface area contributed by atoms with Crippen LogP contribution in [0.3, 0.4) is 0 Å². The number of nitrogens with one attached hydrogen (secondary N) is 1. The number of anilines is 2. The van der Waals surface area contributed by atoms with Crippen molar-refractivity contribution >= 4 is 17.3 Å². The van der Waals surface area contributed by atoms with Gasteiger partial charge in [-0.15, -0.1) is 0 Å². The normalized spacial score (nSPS) is 10.4. The van der Waals surface area contributed by atoms with Gasteiger partial charge in [-0.05, 0) is 25.5 Å². The van der Waals surface area contributed by atoms with Crippen molar-refractivity contribution in [3.05, 3.63) is 36.4 Å². The van der Waals surface area contributed by atoms with Crippen molar-refractivity contribution < 1.29 is 9.53 Å². The van der Waals surface area contributed by atoms with E-state index in [-0.39, 0.29) is 5.91 Å². The molecule has 0 aliphatic carbocycles. The van der Waals surface area contributed by atoms with E-state index in [2.05, 4.69) is 10.3 Å². The summed E-state index contributed by atoms with van der Waals surface area (Å²) in [5.74, 6) is 1.57. The number of nitrogen functional groups attached to an aromatic ring is 1.